The maximum Gasteiger partial charge on any atom is 0.319 e. The Morgan fingerprint density at radius 2 is 1.87 bits per heavy atom. The lowest BCUT2D eigenvalue weighted by Crippen LogP contribution is -2.49. The van der Waals surface area contributed by atoms with E-state index in [1.807, 2.05) is 6.92 Å². The van der Waals surface area contributed by atoms with Gasteiger partial charge in [0.2, 0.25) is 0 Å². The third kappa shape index (κ3) is 3.51. The molecular weight excluding hydrogens is 428 g/mol. The summed E-state index contributed by atoms with van der Waals surface area (Å²) < 4.78 is 49.9. The summed E-state index contributed by atoms with van der Waals surface area (Å²) in [5, 5.41) is 0. The molecule has 0 spiro atoms. The van der Waals surface area contributed by atoms with E-state index >= 15 is 0 Å². The highest BCUT2D eigenvalue weighted by Crippen LogP contribution is 2.62. The lowest BCUT2D eigenvalue weighted by molar-refractivity contribution is -0.181. The second kappa shape index (κ2) is 7.03. The first-order valence-electron chi connectivity index (χ1n) is 10.1. The zero-order valence-corrected chi connectivity index (χ0v) is 18.1. The van der Waals surface area contributed by atoms with Crippen molar-refractivity contribution in [3.63, 3.8) is 0 Å². The van der Waals surface area contributed by atoms with Crippen LogP contribution < -0.4 is 4.74 Å². The van der Waals surface area contributed by atoms with Gasteiger partial charge in [-0.25, -0.2) is 8.42 Å². The smallest absolute Gasteiger partial charge is 0.319 e. The van der Waals surface area contributed by atoms with Gasteiger partial charge in [-0.15, -0.1) is 0 Å². The minimum absolute atomic E-state index is 0.0125. The van der Waals surface area contributed by atoms with Crippen LogP contribution >= 0.6 is 0 Å². The molecule has 0 amide bonds. The van der Waals surface area contributed by atoms with Crippen molar-refractivity contribution in [2.45, 2.75) is 56.6 Å². The van der Waals surface area contributed by atoms with Crippen LogP contribution in [-0.2, 0) is 34.0 Å². The van der Waals surface area contributed by atoms with Crippen LogP contribution in [-0.4, -0.2) is 42.6 Å². The van der Waals surface area contributed by atoms with Gasteiger partial charge in [-0.3, -0.25) is 14.4 Å². The summed E-state index contributed by atoms with van der Waals surface area (Å²) in [7, 11) is -4.63. The van der Waals surface area contributed by atoms with Gasteiger partial charge in [-0.1, -0.05) is 6.92 Å². The maximum absolute atomic E-state index is 13.1. The molecule has 4 rings (SSSR count). The number of carbonyl (C=O) groups excluding carboxylic acids is 3. The summed E-state index contributed by atoms with van der Waals surface area (Å²) >= 11 is 0. The van der Waals surface area contributed by atoms with Crippen molar-refractivity contribution in [1.82, 2.24) is 0 Å². The van der Waals surface area contributed by atoms with E-state index in [1.54, 1.807) is 13.8 Å². The molecule has 5 unspecified atom stereocenters. The van der Waals surface area contributed by atoms with E-state index < -0.39 is 55.8 Å². The molecule has 1 aliphatic heterocycles. The molecule has 2 aliphatic carbocycles. The highest BCUT2D eigenvalue weighted by Gasteiger charge is 2.74. The van der Waals surface area contributed by atoms with Crippen molar-refractivity contribution in [3.8, 4) is 5.75 Å². The summed E-state index contributed by atoms with van der Waals surface area (Å²) in [6.45, 7) is 5.37. The maximum atomic E-state index is 13.1. The first-order chi connectivity index (χ1) is 14.4. The molecule has 1 aromatic carbocycles. The Labute approximate surface area is 179 Å². The van der Waals surface area contributed by atoms with Gasteiger partial charge in [-0.05, 0) is 51.0 Å². The Kier molecular flexibility index (Phi) is 4.93. The van der Waals surface area contributed by atoms with Crippen molar-refractivity contribution < 1.29 is 41.6 Å². The van der Waals surface area contributed by atoms with Crippen molar-refractivity contribution in [2.24, 2.45) is 23.2 Å². The fourth-order valence-electron chi connectivity index (χ4n) is 4.79. The van der Waals surface area contributed by atoms with Crippen molar-refractivity contribution in [3.05, 3.63) is 24.3 Å². The SMILES string of the molecule is CCC(C)(C)C(=O)OC12CC3OC(=O)C(C3C1)C2C(=O)Oc1ccc(S(=O)(=O)[O-])cc1. The fourth-order valence-corrected chi connectivity index (χ4v) is 5.26. The van der Waals surface area contributed by atoms with Gasteiger partial charge in [0.15, 0.2) is 0 Å². The van der Waals surface area contributed by atoms with Gasteiger partial charge in [0.1, 0.15) is 33.5 Å². The Hall–Kier alpha value is -2.46. The Bertz CT molecular complexity index is 1040. The van der Waals surface area contributed by atoms with Crippen LogP contribution in [0.4, 0.5) is 0 Å². The van der Waals surface area contributed by atoms with Crippen LogP contribution in [0.25, 0.3) is 0 Å². The molecule has 0 aromatic heterocycles. The molecule has 1 heterocycles. The van der Waals surface area contributed by atoms with Crippen LogP contribution in [0.2, 0.25) is 0 Å². The van der Waals surface area contributed by atoms with Gasteiger partial charge in [0.05, 0.1) is 16.2 Å². The third-order valence-corrected chi connectivity index (χ3v) is 7.70. The number of hydrogen-bond donors (Lipinski definition) is 0. The minimum atomic E-state index is -4.63. The normalized spacial score (nSPS) is 31.4. The van der Waals surface area contributed by atoms with Crippen LogP contribution in [0, 0.1) is 23.2 Å². The summed E-state index contributed by atoms with van der Waals surface area (Å²) in [6.07, 6.45) is 0.726. The van der Waals surface area contributed by atoms with Crippen molar-refractivity contribution in [1.29, 1.82) is 0 Å². The lowest BCUT2D eigenvalue weighted by Gasteiger charge is -2.36. The van der Waals surface area contributed by atoms with E-state index in [2.05, 4.69) is 0 Å². The largest absolute Gasteiger partial charge is 0.744 e. The molecule has 2 saturated carbocycles. The van der Waals surface area contributed by atoms with E-state index in [0.717, 1.165) is 12.1 Å². The fraction of sp³-hybridized carbons (Fsp3) is 0.571. The number of benzene rings is 1. The Morgan fingerprint density at radius 3 is 2.45 bits per heavy atom. The summed E-state index contributed by atoms with van der Waals surface area (Å²) in [6, 6.07) is 4.44. The molecule has 9 nitrogen and oxygen atoms in total. The summed E-state index contributed by atoms with van der Waals surface area (Å²) in [5.74, 6) is -3.71. The van der Waals surface area contributed by atoms with E-state index in [4.69, 9.17) is 14.2 Å². The zero-order valence-electron chi connectivity index (χ0n) is 17.3. The molecule has 31 heavy (non-hydrogen) atoms. The molecular formula is C21H23O9S-. The van der Waals surface area contributed by atoms with Crippen molar-refractivity contribution in [2.75, 3.05) is 0 Å². The lowest BCUT2D eigenvalue weighted by atomic mass is 9.77. The van der Waals surface area contributed by atoms with Crippen molar-refractivity contribution >= 4 is 28.0 Å². The summed E-state index contributed by atoms with van der Waals surface area (Å²) in [5.41, 5.74) is -1.95. The average Bonchev–Trinajstić information content (AvgIpc) is 3.25. The van der Waals surface area contributed by atoms with E-state index in [1.165, 1.54) is 12.1 Å². The number of ether oxygens (including phenoxy) is 3. The predicted octanol–water partition coefficient (Wildman–Crippen LogP) is 1.80. The molecule has 3 aliphatic rings. The molecule has 1 aromatic rings. The van der Waals surface area contributed by atoms with Crippen LogP contribution in [0.5, 0.6) is 5.75 Å². The number of hydrogen-bond acceptors (Lipinski definition) is 9. The van der Waals surface area contributed by atoms with E-state index in [-0.39, 0.29) is 24.2 Å². The quantitative estimate of drug-likeness (QED) is 0.360. The topological polar surface area (TPSA) is 136 Å². The standard InChI is InChI=1S/C21H24O9S/c1-4-20(2,3)19(24)30-21-9-13-14(10-21)29-17(22)15(13)16(21)18(23)28-11-5-7-12(8-6-11)31(25,26)27/h5-8,13-16H,4,9-10H2,1-3H3,(H,25,26,27)/p-1. The molecule has 0 N–H and O–H groups in total. The number of fused-ring (bicyclic) bond motifs is 1. The Balaban J connectivity index is 1.61. The second-order valence-corrected chi connectivity index (χ2v) is 10.5. The average molecular weight is 451 g/mol. The van der Waals surface area contributed by atoms with E-state index in [9.17, 15) is 27.4 Å². The number of esters is 3. The third-order valence-electron chi connectivity index (χ3n) is 6.85. The Morgan fingerprint density at radius 1 is 1.23 bits per heavy atom. The monoisotopic (exact) mass is 451 g/mol. The number of carbonyl (C=O) groups is 3. The minimum Gasteiger partial charge on any atom is -0.744 e. The van der Waals surface area contributed by atoms with Gasteiger partial charge < -0.3 is 18.8 Å². The first-order valence-corrected chi connectivity index (χ1v) is 11.5. The van der Waals surface area contributed by atoms with Crippen LogP contribution in [0.15, 0.2) is 29.2 Å². The zero-order chi connectivity index (χ0) is 22.8. The van der Waals surface area contributed by atoms with E-state index in [0.29, 0.717) is 12.8 Å². The molecule has 10 heteroatoms. The molecule has 2 bridgehead atoms. The molecule has 1 saturated heterocycles. The first kappa shape index (κ1) is 21.8. The molecule has 5 atom stereocenters. The van der Waals surface area contributed by atoms with Gasteiger partial charge in [0.25, 0.3) is 0 Å². The highest BCUT2D eigenvalue weighted by molar-refractivity contribution is 7.85. The van der Waals surface area contributed by atoms with Crippen LogP contribution in [0.3, 0.4) is 0 Å². The molecule has 168 valence electrons. The predicted molar refractivity (Wildman–Crippen MR) is 103 cm³/mol. The van der Waals surface area contributed by atoms with Crippen LogP contribution in [0.1, 0.15) is 40.0 Å². The van der Waals surface area contributed by atoms with Gasteiger partial charge >= 0.3 is 17.9 Å². The molecule has 3 fully saturated rings. The summed E-state index contributed by atoms with van der Waals surface area (Å²) in [4.78, 5) is 37.9. The number of rotatable bonds is 6. The van der Waals surface area contributed by atoms with Gasteiger partial charge in [-0.2, -0.15) is 0 Å². The highest BCUT2D eigenvalue weighted by atomic mass is 32.2. The molecule has 0 radical (unpaired) electrons. The second-order valence-electron chi connectivity index (χ2n) is 9.09. The van der Waals surface area contributed by atoms with Gasteiger partial charge in [0, 0.05) is 12.3 Å².